The molecule has 4 rings (SSSR count). The molecule has 1 saturated heterocycles. The van der Waals surface area contributed by atoms with Crippen molar-refractivity contribution in [2.45, 2.75) is 43.8 Å². The maximum atomic E-state index is 12.4. The summed E-state index contributed by atoms with van der Waals surface area (Å²) in [6.07, 6.45) is 1.96. The van der Waals surface area contributed by atoms with Gasteiger partial charge in [0.1, 0.15) is 16.8 Å². The molecule has 0 radical (unpaired) electrons. The first kappa shape index (κ1) is 21.5. The molecule has 0 spiro atoms. The van der Waals surface area contributed by atoms with Gasteiger partial charge in [-0.15, -0.1) is 0 Å². The highest BCUT2D eigenvalue weighted by Gasteiger charge is 2.24. The van der Waals surface area contributed by atoms with E-state index in [0.717, 1.165) is 34.8 Å². The van der Waals surface area contributed by atoms with Crippen molar-refractivity contribution in [3.8, 4) is 23.1 Å². The van der Waals surface area contributed by atoms with Gasteiger partial charge >= 0.3 is 0 Å². The van der Waals surface area contributed by atoms with Crippen molar-refractivity contribution >= 4 is 27.7 Å². The van der Waals surface area contributed by atoms with Crippen LogP contribution in [0.5, 0.6) is 0 Å². The molecular formula is C23H26N4O3S. The predicted octanol–water partition coefficient (Wildman–Crippen LogP) is 2.45. The van der Waals surface area contributed by atoms with Crippen LogP contribution in [0.25, 0.3) is 22.4 Å². The number of aromatic nitrogens is 3. The lowest BCUT2D eigenvalue weighted by atomic mass is 10.1. The topological polar surface area (TPSA) is 102 Å². The van der Waals surface area contributed by atoms with Gasteiger partial charge in [0.15, 0.2) is 5.65 Å². The van der Waals surface area contributed by atoms with E-state index < -0.39 is 16.4 Å². The first-order valence-corrected chi connectivity index (χ1v) is 11.6. The Morgan fingerprint density at radius 2 is 2.16 bits per heavy atom. The Morgan fingerprint density at radius 1 is 1.35 bits per heavy atom. The van der Waals surface area contributed by atoms with Gasteiger partial charge in [0.2, 0.25) is 0 Å². The minimum Gasteiger partial charge on any atom is -0.391 e. The first-order chi connectivity index (χ1) is 14.7. The molecule has 0 amide bonds. The van der Waals surface area contributed by atoms with E-state index in [9.17, 15) is 14.4 Å². The van der Waals surface area contributed by atoms with Crippen molar-refractivity contribution in [2.75, 3.05) is 23.7 Å². The summed E-state index contributed by atoms with van der Waals surface area (Å²) < 4.78 is 12.4. The smallest absolute Gasteiger partial charge is 0.157 e. The molecule has 0 saturated carbocycles. The molecule has 162 valence electrons. The molecular weight excluding hydrogens is 412 g/mol. The highest BCUT2D eigenvalue weighted by Crippen LogP contribution is 2.35. The van der Waals surface area contributed by atoms with Crippen molar-refractivity contribution in [3.05, 3.63) is 36.2 Å². The molecule has 1 aliphatic heterocycles. The van der Waals surface area contributed by atoms with Crippen LogP contribution in [-0.2, 0) is 10.8 Å². The number of β-amino-alcohol motifs (C(OH)–C–C–N with tert-alkyl or cyclic N) is 1. The quantitative estimate of drug-likeness (QED) is 0.541. The van der Waals surface area contributed by atoms with Gasteiger partial charge in [-0.05, 0) is 50.5 Å². The second-order valence-electron chi connectivity index (χ2n) is 8.18. The molecule has 1 fully saturated rings. The Labute approximate surface area is 184 Å². The molecule has 0 aliphatic carbocycles. The van der Waals surface area contributed by atoms with E-state index in [1.54, 1.807) is 20.0 Å². The van der Waals surface area contributed by atoms with E-state index in [0.29, 0.717) is 29.2 Å². The molecule has 1 aliphatic rings. The van der Waals surface area contributed by atoms with Crippen molar-refractivity contribution < 1.29 is 14.4 Å². The fourth-order valence-corrected chi connectivity index (χ4v) is 4.40. The summed E-state index contributed by atoms with van der Waals surface area (Å²) in [5.74, 6) is 6.13. The van der Waals surface area contributed by atoms with Gasteiger partial charge in [0, 0.05) is 35.0 Å². The molecule has 2 atom stereocenters. The second kappa shape index (κ2) is 8.42. The van der Waals surface area contributed by atoms with Crippen molar-refractivity contribution in [2.24, 2.45) is 0 Å². The average Bonchev–Trinajstić information content (AvgIpc) is 3.36. The largest absolute Gasteiger partial charge is 0.391 e. The molecule has 2 aromatic heterocycles. The predicted molar refractivity (Wildman–Crippen MR) is 122 cm³/mol. The van der Waals surface area contributed by atoms with Crippen LogP contribution in [0.4, 0.5) is 5.69 Å². The molecule has 8 heteroatoms. The van der Waals surface area contributed by atoms with Crippen LogP contribution in [0.2, 0.25) is 0 Å². The Morgan fingerprint density at radius 3 is 2.84 bits per heavy atom. The van der Waals surface area contributed by atoms with Crippen LogP contribution in [0, 0.1) is 11.8 Å². The van der Waals surface area contributed by atoms with E-state index in [-0.39, 0.29) is 6.10 Å². The van der Waals surface area contributed by atoms with Gasteiger partial charge in [-0.3, -0.25) is 4.21 Å². The van der Waals surface area contributed by atoms with Crippen LogP contribution in [0.3, 0.4) is 0 Å². The van der Waals surface area contributed by atoms with Crippen molar-refractivity contribution in [1.82, 2.24) is 15.0 Å². The summed E-state index contributed by atoms with van der Waals surface area (Å²) >= 11 is 0. The standard InChI is InChI=1S/C23H26N4O3S/c1-4-31(30)17-5-6-21(27-10-8-16(28)14-27)18(11-17)19-12-20-22(26-19)25-15(13-24-20)7-9-23(2,3)29/h5-6,11-13,16,28-29H,4,8,10,14H2,1-3H3,(H,25,26)/t16?,31-/m1/s1. The van der Waals surface area contributed by atoms with Crippen molar-refractivity contribution in [3.63, 3.8) is 0 Å². The maximum Gasteiger partial charge on any atom is 0.157 e. The summed E-state index contributed by atoms with van der Waals surface area (Å²) in [6, 6.07) is 7.73. The van der Waals surface area contributed by atoms with Crippen LogP contribution >= 0.6 is 0 Å². The zero-order valence-electron chi connectivity index (χ0n) is 17.8. The normalized spacial score (nSPS) is 17.6. The fraction of sp³-hybridized carbons (Fsp3) is 0.391. The van der Waals surface area contributed by atoms with E-state index >= 15 is 0 Å². The third-order valence-electron chi connectivity index (χ3n) is 5.12. The van der Waals surface area contributed by atoms with Gasteiger partial charge in [-0.1, -0.05) is 12.8 Å². The highest BCUT2D eigenvalue weighted by molar-refractivity contribution is 7.85. The molecule has 31 heavy (non-hydrogen) atoms. The summed E-state index contributed by atoms with van der Waals surface area (Å²) in [7, 11) is -1.08. The third kappa shape index (κ3) is 4.79. The lowest BCUT2D eigenvalue weighted by Gasteiger charge is -2.22. The highest BCUT2D eigenvalue weighted by atomic mass is 32.2. The molecule has 3 N–H and O–H groups in total. The van der Waals surface area contributed by atoms with Gasteiger partial charge < -0.3 is 20.1 Å². The number of aliphatic hydroxyl groups is 2. The molecule has 3 aromatic rings. The number of nitrogens with one attached hydrogen (secondary N) is 1. The summed E-state index contributed by atoms with van der Waals surface area (Å²) in [5.41, 5.74) is 3.33. The van der Waals surface area contributed by atoms with Gasteiger partial charge in [-0.25, -0.2) is 9.97 Å². The van der Waals surface area contributed by atoms with Gasteiger partial charge in [0.05, 0.1) is 28.8 Å². The summed E-state index contributed by atoms with van der Waals surface area (Å²) in [6.45, 7) is 6.45. The van der Waals surface area contributed by atoms with Crippen LogP contribution in [0.1, 0.15) is 32.9 Å². The van der Waals surface area contributed by atoms with E-state index in [1.807, 2.05) is 31.2 Å². The van der Waals surface area contributed by atoms with Crippen LogP contribution in [-0.4, -0.2) is 59.9 Å². The van der Waals surface area contributed by atoms with Crippen LogP contribution < -0.4 is 4.90 Å². The Kier molecular flexibility index (Phi) is 5.84. The molecule has 7 nitrogen and oxygen atoms in total. The number of aliphatic hydroxyl groups excluding tert-OH is 1. The molecule has 3 heterocycles. The first-order valence-electron chi connectivity index (χ1n) is 10.3. The lowest BCUT2D eigenvalue weighted by molar-refractivity contribution is 0.143. The minimum atomic E-state index is -1.11. The van der Waals surface area contributed by atoms with Gasteiger partial charge in [-0.2, -0.15) is 0 Å². The SMILES string of the molecule is CC[S@@](=O)c1ccc(N2CCC(O)C2)c(-c2cc3ncc(C#CC(C)(C)O)nc3[nH]2)c1. The van der Waals surface area contributed by atoms with Crippen LogP contribution in [0.15, 0.2) is 35.4 Å². The van der Waals surface area contributed by atoms with Gasteiger partial charge in [0.25, 0.3) is 0 Å². The number of fused-ring (bicyclic) bond motifs is 1. The number of hydrogen-bond acceptors (Lipinski definition) is 6. The Bertz CT molecular complexity index is 1200. The number of benzene rings is 1. The number of nitrogens with zero attached hydrogens (tertiary/aromatic N) is 3. The van der Waals surface area contributed by atoms with E-state index in [2.05, 4.69) is 31.7 Å². The third-order valence-corrected chi connectivity index (χ3v) is 6.42. The fourth-order valence-electron chi connectivity index (χ4n) is 3.59. The number of H-pyrrole nitrogens is 1. The Balaban J connectivity index is 1.79. The maximum absolute atomic E-state index is 12.4. The Hall–Kier alpha value is -2.73. The second-order valence-corrected chi connectivity index (χ2v) is 9.92. The zero-order chi connectivity index (χ0) is 22.2. The molecule has 0 bridgehead atoms. The monoisotopic (exact) mass is 438 g/mol. The summed E-state index contributed by atoms with van der Waals surface area (Å²) in [4.78, 5) is 15.2. The number of anilines is 1. The minimum absolute atomic E-state index is 0.347. The van der Waals surface area contributed by atoms with E-state index in [4.69, 9.17) is 0 Å². The lowest BCUT2D eigenvalue weighted by Crippen LogP contribution is -2.22. The number of rotatable bonds is 4. The number of hydrogen-bond donors (Lipinski definition) is 3. The molecule has 1 unspecified atom stereocenters. The zero-order valence-corrected chi connectivity index (χ0v) is 18.7. The van der Waals surface area contributed by atoms with E-state index in [1.165, 1.54) is 0 Å². The average molecular weight is 439 g/mol. The van der Waals surface area contributed by atoms with Crippen molar-refractivity contribution in [1.29, 1.82) is 0 Å². The number of aromatic amines is 1. The summed E-state index contributed by atoms with van der Waals surface area (Å²) in [5, 5.41) is 19.8. The molecule has 1 aromatic carbocycles.